The summed E-state index contributed by atoms with van der Waals surface area (Å²) in [5, 5.41) is 15.4. The van der Waals surface area contributed by atoms with Crippen molar-refractivity contribution in [3.05, 3.63) is 35.9 Å². The van der Waals surface area contributed by atoms with E-state index in [1.54, 1.807) is 0 Å². The predicted octanol–water partition coefficient (Wildman–Crippen LogP) is 1.62. The topological polar surface area (TPSA) is 82.7 Å². The molecule has 5 nitrogen and oxygen atoms in total. The van der Waals surface area contributed by atoms with Crippen LogP contribution in [0.15, 0.2) is 35.2 Å². The maximum Gasteiger partial charge on any atom is 0.483 e. The van der Waals surface area contributed by atoms with E-state index in [0.717, 1.165) is 17.7 Å². The van der Waals surface area contributed by atoms with Gasteiger partial charge in [0.05, 0.1) is 0 Å². The fourth-order valence-electron chi connectivity index (χ4n) is 1.50. The second-order valence-electron chi connectivity index (χ2n) is 3.63. The Balaban J connectivity index is 2.66. The van der Waals surface area contributed by atoms with Crippen LogP contribution in [0, 0.1) is 5.41 Å². The molecule has 0 saturated heterocycles. The highest BCUT2D eigenvalue weighted by Gasteiger charge is 2.05. The molecule has 94 valence electrons. The average molecular weight is 246 g/mol. The number of carbonyl (C=O) groups is 1. The van der Waals surface area contributed by atoms with Crippen molar-refractivity contribution in [1.82, 2.24) is 0 Å². The number of aliphatic carboxylic acids is 1. The average Bonchev–Trinajstić information content (AvgIpc) is 2.38. The van der Waals surface area contributed by atoms with Crippen LogP contribution in [0.3, 0.4) is 0 Å². The summed E-state index contributed by atoms with van der Waals surface area (Å²) in [6.45, 7) is 0. The number of rotatable bonds is 8. The van der Waals surface area contributed by atoms with Crippen LogP contribution in [0.5, 0.6) is 0 Å². The van der Waals surface area contributed by atoms with Crippen LogP contribution in [-0.2, 0) is 9.45 Å². The SMILES string of the molecule is N=COB/N=C(/CCCC(=O)O)c1ccccc1. The van der Waals surface area contributed by atoms with Gasteiger partial charge in [0.15, 0.2) is 0 Å². The Morgan fingerprint density at radius 3 is 2.72 bits per heavy atom. The minimum absolute atomic E-state index is 0.0841. The van der Waals surface area contributed by atoms with E-state index in [4.69, 9.17) is 15.2 Å². The first-order valence-corrected chi connectivity index (χ1v) is 5.65. The standard InChI is InChI=1S/C12H15BN2O3/c14-9-18-13-15-11(7-4-8-12(16)17)10-5-2-1-3-6-10/h1-3,5-6,9,13-14H,4,7-8H2,(H,16,17)/b14-9?,15-11-. The molecular weight excluding hydrogens is 231 g/mol. The van der Waals surface area contributed by atoms with Crippen molar-refractivity contribution in [2.75, 3.05) is 0 Å². The second kappa shape index (κ2) is 8.05. The molecule has 0 heterocycles. The van der Waals surface area contributed by atoms with Crippen LogP contribution < -0.4 is 0 Å². The molecule has 0 atom stereocenters. The summed E-state index contributed by atoms with van der Waals surface area (Å²) in [6, 6.07) is 9.56. The highest BCUT2D eigenvalue weighted by Crippen LogP contribution is 2.08. The Morgan fingerprint density at radius 2 is 2.11 bits per heavy atom. The van der Waals surface area contributed by atoms with Gasteiger partial charge in [0, 0.05) is 12.1 Å². The molecule has 1 aromatic rings. The molecule has 0 aliphatic rings. The molecule has 6 heteroatoms. The highest BCUT2D eigenvalue weighted by atomic mass is 16.4. The molecule has 2 N–H and O–H groups in total. The van der Waals surface area contributed by atoms with Crippen LogP contribution in [0.4, 0.5) is 0 Å². The Bertz CT molecular complexity index is 421. The zero-order valence-corrected chi connectivity index (χ0v) is 10.0. The van der Waals surface area contributed by atoms with Crippen LogP contribution in [0.1, 0.15) is 24.8 Å². The molecule has 0 aliphatic carbocycles. The number of carboxylic acids is 1. The molecular formula is C12H15BN2O3. The minimum atomic E-state index is -0.807. The van der Waals surface area contributed by atoms with Crippen LogP contribution in [0.25, 0.3) is 0 Å². The van der Waals surface area contributed by atoms with Gasteiger partial charge in [-0.2, -0.15) is 0 Å². The molecule has 0 fully saturated rings. The number of nitrogens with zero attached hydrogens (tertiary/aromatic N) is 1. The quantitative estimate of drug-likeness (QED) is 0.316. The predicted molar refractivity (Wildman–Crippen MR) is 71.5 cm³/mol. The highest BCUT2D eigenvalue weighted by molar-refractivity contribution is 6.31. The van der Waals surface area contributed by atoms with Crippen LogP contribution in [0.2, 0.25) is 0 Å². The van der Waals surface area contributed by atoms with Crippen molar-refractivity contribution in [2.24, 2.45) is 4.90 Å². The molecule has 0 spiro atoms. The summed E-state index contributed by atoms with van der Waals surface area (Å²) < 4.78 is 4.75. The van der Waals surface area contributed by atoms with Gasteiger partial charge in [-0.3, -0.25) is 10.2 Å². The summed E-state index contributed by atoms with van der Waals surface area (Å²) >= 11 is 0. The lowest BCUT2D eigenvalue weighted by Crippen LogP contribution is -2.06. The van der Waals surface area contributed by atoms with Gasteiger partial charge in [0.25, 0.3) is 0 Å². The van der Waals surface area contributed by atoms with Gasteiger partial charge in [-0.1, -0.05) is 30.3 Å². The number of nitrogens with one attached hydrogen (secondary N) is 1. The van der Waals surface area contributed by atoms with E-state index in [-0.39, 0.29) is 14.0 Å². The molecule has 0 amide bonds. The van der Waals surface area contributed by atoms with Crippen LogP contribution >= 0.6 is 0 Å². The zero-order chi connectivity index (χ0) is 13.2. The second-order valence-corrected chi connectivity index (χ2v) is 3.63. The van der Waals surface area contributed by atoms with Gasteiger partial charge in [0.2, 0.25) is 0 Å². The first kappa shape index (κ1) is 14.0. The lowest BCUT2D eigenvalue weighted by molar-refractivity contribution is -0.137. The molecule has 0 aliphatic heterocycles. The van der Waals surface area contributed by atoms with E-state index in [0.29, 0.717) is 12.8 Å². The third-order valence-corrected chi connectivity index (χ3v) is 2.32. The lowest BCUT2D eigenvalue weighted by Gasteiger charge is -2.06. The van der Waals surface area contributed by atoms with Crippen molar-refractivity contribution in [2.45, 2.75) is 19.3 Å². The molecule has 0 radical (unpaired) electrons. The smallest absolute Gasteiger partial charge is 0.483 e. The van der Waals surface area contributed by atoms with Crippen molar-refractivity contribution in [3.63, 3.8) is 0 Å². The molecule has 0 saturated carbocycles. The number of benzene rings is 1. The van der Waals surface area contributed by atoms with Gasteiger partial charge in [-0.05, 0) is 18.4 Å². The lowest BCUT2D eigenvalue weighted by atomic mass is 10.0. The number of hydrogen-bond acceptors (Lipinski definition) is 4. The maximum atomic E-state index is 10.5. The number of carboxylic acid groups (broad SMARTS) is 1. The van der Waals surface area contributed by atoms with E-state index < -0.39 is 5.97 Å². The van der Waals surface area contributed by atoms with Crippen molar-refractivity contribution >= 4 is 25.7 Å². The largest absolute Gasteiger partial charge is 0.535 e. The first-order valence-electron chi connectivity index (χ1n) is 5.65. The van der Waals surface area contributed by atoms with Gasteiger partial charge in [-0.15, -0.1) is 0 Å². The van der Waals surface area contributed by atoms with E-state index in [2.05, 4.69) is 4.90 Å². The fraction of sp³-hybridized carbons (Fsp3) is 0.250. The Morgan fingerprint density at radius 1 is 1.39 bits per heavy atom. The third kappa shape index (κ3) is 5.29. The molecule has 0 bridgehead atoms. The van der Waals surface area contributed by atoms with Crippen molar-refractivity contribution in [1.29, 1.82) is 5.41 Å². The molecule has 18 heavy (non-hydrogen) atoms. The van der Waals surface area contributed by atoms with Gasteiger partial charge >= 0.3 is 13.6 Å². The van der Waals surface area contributed by atoms with Crippen molar-refractivity contribution < 1.29 is 14.6 Å². The van der Waals surface area contributed by atoms with E-state index in [9.17, 15) is 4.79 Å². The molecule has 0 unspecified atom stereocenters. The molecule has 1 aromatic carbocycles. The fourth-order valence-corrected chi connectivity index (χ4v) is 1.50. The Kier molecular flexibility index (Phi) is 6.25. The monoisotopic (exact) mass is 246 g/mol. The summed E-state index contributed by atoms with van der Waals surface area (Å²) in [5.74, 6) is -0.807. The normalized spacial score (nSPS) is 10.8. The summed E-state index contributed by atoms with van der Waals surface area (Å²) in [4.78, 5) is 14.7. The van der Waals surface area contributed by atoms with Gasteiger partial charge < -0.3 is 14.7 Å². The Hall–Kier alpha value is -2.11. The first-order chi connectivity index (χ1) is 8.74. The van der Waals surface area contributed by atoms with Gasteiger partial charge in [-0.25, -0.2) is 0 Å². The number of hydrogen-bond donors (Lipinski definition) is 2. The van der Waals surface area contributed by atoms with Gasteiger partial charge in [0.1, 0.15) is 6.40 Å². The molecule has 1 rings (SSSR count). The van der Waals surface area contributed by atoms with Crippen LogP contribution in [-0.4, -0.2) is 30.8 Å². The van der Waals surface area contributed by atoms with E-state index >= 15 is 0 Å². The zero-order valence-electron chi connectivity index (χ0n) is 10.0. The van der Waals surface area contributed by atoms with E-state index in [1.165, 1.54) is 0 Å². The summed E-state index contributed by atoms with van der Waals surface area (Å²) in [6.07, 6.45) is 2.08. The third-order valence-electron chi connectivity index (χ3n) is 2.32. The Labute approximate surface area is 106 Å². The summed E-state index contributed by atoms with van der Waals surface area (Å²) in [5.41, 5.74) is 1.76. The summed E-state index contributed by atoms with van der Waals surface area (Å²) in [7, 11) is 0.0841. The molecule has 0 aromatic heterocycles. The minimum Gasteiger partial charge on any atom is -0.535 e. The van der Waals surface area contributed by atoms with E-state index in [1.807, 2.05) is 30.3 Å². The maximum absolute atomic E-state index is 10.5. The van der Waals surface area contributed by atoms with Crippen molar-refractivity contribution in [3.8, 4) is 0 Å².